The predicted molar refractivity (Wildman–Crippen MR) is 105 cm³/mol. The molecule has 0 unspecified atom stereocenters. The van der Waals surface area contributed by atoms with Crippen LogP contribution >= 0.6 is 0 Å². The van der Waals surface area contributed by atoms with Gasteiger partial charge in [-0.15, -0.1) is 0 Å². The number of sulfonamides is 1. The zero-order valence-corrected chi connectivity index (χ0v) is 16.5. The first kappa shape index (κ1) is 18.9. The first-order valence-corrected chi connectivity index (χ1v) is 10.6. The van der Waals surface area contributed by atoms with Crippen molar-refractivity contribution in [1.29, 1.82) is 0 Å². The van der Waals surface area contributed by atoms with Crippen LogP contribution in [0.3, 0.4) is 0 Å². The number of hydrogen-bond acceptors (Lipinski definition) is 4. The predicted octanol–water partition coefficient (Wildman–Crippen LogP) is 3.98. The molecule has 1 atom stereocenters. The number of benzene rings is 1. The fraction of sp³-hybridized carbons (Fsp3) is 0.450. The van der Waals surface area contributed by atoms with Gasteiger partial charge in [0.15, 0.2) is 0 Å². The molecule has 0 spiro atoms. The summed E-state index contributed by atoms with van der Waals surface area (Å²) in [7, 11) is -3.52. The van der Waals surface area contributed by atoms with Crippen molar-refractivity contribution in [2.75, 3.05) is 18.4 Å². The maximum Gasteiger partial charge on any atom is 0.243 e. The van der Waals surface area contributed by atoms with Crippen LogP contribution in [-0.2, 0) is 10.0 Å². The molecule has 140 valence electrons. The Labute approximate surface area is 156 Å². The Balaban J connectivity index is 1.92. The Hall–Kier alpha value is -1.92. The van der Waals surface area contributed by atoms with Crippen LogP contribution < -0.4 is 5.32 Å². The topological polar surface area (TPSA) is 62.3 Å². The van der Waals surface area contributed by atoms with Crippen LogP contribution in [0.4, 0.5) is 5.82 Å². The lowest BCUT2D eigenvalue weighted by Crippen LogP contribution is -2.31. The Morgan fingerprint density at radius 1 is 1.23 bits per heavy atom. The first-order valence-electron chi connectivity index (χ1n) is 9.17. The van der Waals surface area contributed by atoms with Crippen molar-refractivity contribution < 1.29 is 8.42 Å². The maximum absolute atomic E-state index is 13.2. The van der Waals surface area contributed by atoms with E-state index in [-0.39, 0.29) is 6.04 Å². The van der Waals surface area contributed by atoms with Crippen molar-refractivity contribution in [3.63, 3.8) is 0 Å². The fourth-order valence-electron chi connectivity index (χ4n) is 3.32. The molecule has 1 saturated heterocycles. The molecule has 1 aromatic heterocycles. The molecule has 0 radical (unpaired) electrons. The molecule has 1 aromatic carbocycles. The fourth-order valence-corrected chi connectivity index (χ4v) is 4.99. The zero-order valence-electron chi connectivity index (χ0n) is 15.6. The van der Waals surface area contributed by atoms with E-state index in [0.717, 1.165) is 36.3 Å². The Bertz CT molecular complexity index is 848. The van der Waals surface area contributed by atoms with E-state index in [1.807, 2.05) is 31.2 Å². The van der Waals surface area contributed by atoms with Gasteiger partial charge in [0.2, 0.25) is 10.0 Å². The molecule has 1 aliphatic heterocycles. The third kappa shape index (κ3) is 3.91. The lowest BCUT2D eigenvalue weighted by Gasteiger charge is -2.26. The average Bonchev–Trinajstić information content (AvgIpc) is 3.11. The molecule has 0 aliphatic carbocycles. The van der Waals surface area contributed by atoms with Crippen molar-refractivity contribution in [1.82, 2.24) is 9.29 Å². The molecule has 2 heterocycles. The quantitative estimate of drug-likeness (QED) is 0.832. The van der Waals surface area contributed by atoms with Gasteiger partial charge in [0.1, 0.15) is 5.82 Å². The lowest BCUT2D eigenvalue weighted by atomic mass is 10.1. The number of pyridine rings is 1. The monoisotopic (exact) mass is 373 g/mol. The molecule has 1 aliphatic rings. The summed E-state index contributed by atoms with van der Waals surface area (Å²) in [6.07, 6.45) is 3.42. The SMILES string of the molecule is Cc1ccc(S(=O)(=O)N2CCC[C@H]2c2cccnc2NCC(C)C)cc1. The normalized spacial score (nSPS) is 18.4. The van der Waals surface area contributed by atoms with Crippen LogP contribution in [0.15, 0.2) is 47.5 Å². The number of aromatic nitrogens is 1. The van der Waals surface area contributed by atoms with E-state index < -0.39 is 10.0 Å². The van der Waals surface area contributed by atoms with Gasteiger partial charge in [-0.1, -0.05) is 37.6 Å². The van der Waals surface area contributed by atoms with E-state index in [0.29, 0.717) is 17.4 Å². The molecule has 0 amide bonds. The Kier molecular flexibility index (Phi) is 5.63. The van der Waals surface area contributed by atoms with Crippen molar-refractivity contribution in [2.45, 2.75) is 44.6 Å². The minimum atomic E-state index is -3.52. The third-order valence-electron chi connectivity index (χ3n) is 4.71. The molecule has 26 heavy (non-hydrogen) atoms. The molecule has 2 aromatic rings. The number of anilines is 1. The summed E-state index contributed by atoms with van der Waals surface area (Å²) in [5.41, 5.74) is 2.01. The minimum Gasteiger partial charge on any atom is -0.370 e. The van der Waals surface area contributed by atoms with Crippen LogP contribution in [0.1, 0.15) is 43.9 Å². The number of aryl methyl sites for hydroxylation is 1. The van der Waals surface area contributed by atoms with Gasteiger partial charge in [0.05, 0.1) is 10.9 Å². The lowest BCUT2D eigenvalue weighted by molar-refractivity contribution is 0.396. The summed E-state index contributed by atoms with van der Waals surface area (Å²) in [4.78, 5) is 4.82. The van der Waals surface area contributed by atoms with E-state index in [1.54, 1.807) is 22.6 Å². The molecule has 5 nitrogen and oxygen atoms in total. The second-order valence-electron chi connectivity index (χ2n) is 7.30. The standard InChI is InChI=1S/C20H27N3O2S/c1-15(2)14-22-20-18(6-4-12-21-20)19-7-5-13-23(19)26(24,25)17-10-8-16(3)9-11-17/h4,6,8-12,15,19H,5,7,13-14H2,1-3H3,(H,21,22)/t19-/m0/s1. The van der Waals surface area contributed by atoms with Gasteiger partial charge in [-0.25, -0.2) is 13.4 Å². The molecular formula is C20H27N3O2S. The molecule has 6 heteroatoms. The number of nitrogens with one attached hydrogen (secondary N) is 1. The Morgan fingerprint density at radius 3 is 2.65 bits per heavy atom. The van der Waals surface area contributed by atoms with Crippen molar-refractivity contribution >= 4 is 15.8 Å². The van der Waals surface area contributed by atoms with Crippen molar-refractivity contribution in [2.24, 2.45) is 5.92 Å². The van der Waals surface area contributed by atoms with E-state index in [4.69, 9.17) is 0 Å². The maximum atomic E-state index is 13.2. The van der Waals surface area contributed by atoms with E-state index >= 15 is 0 Å². The zero-order chi connectivity index (χ0) is 18.7. The molecule has 1 N–H and O–H groups in total. The van der Waals surface area contributed by atoms with Crippen LogP contribution in [0, 0.1) is 12.8 Å². The second-order valence-corrected chi connectivity index (χ2v) is 9.19. The third-order valence-corrected chi connectivity index (χ3v) is 6.63. The Morgan fingerprint density at radius 2 is 1.96 bits per heavy atom. The molecule has 0 bridgehead atoms. The second kappa shape index (κ2) is 7.76. The largest absolute Gasteiger partial charge is 0.370 e. The van der Waals surface area contributed by atoms with Gasteiger partial charge in [0.25, 0.3) is 0 Å². The summed E-state index contributed by atoms with van der Waals surface area (Å²) in [6, 6.07) is 10.8. The number of rotatable bonds is 6. The number of hydrogen-bond donors (Lipinski definition) is 1. The van der Waals surface area contributed by atoms with E-state index in [9.17, 15) is 8.42 Å². The van der Waals surface area contributed by atoms with Crippen molar-refractivity contribution in [3.8, 4) is 0 Å². The van der Waals surface area contributed by atoms with Crippen LogP contribution in [0.25, 0.3) is 0 Å². The van der Waals surface area contributed by atoms with Gasteiger partial charge in [0, 0.05) is 24.8 Å². The van der Waals surface area contributed by atoms with Gasteiger partial charge in [-0.2, -0.15) is 4.31 Å². The molecule has 1 fully saturated rings. The van der Waals surface area contributed by atoms with Gasteiger partial charge in [-0.3, -0.25) is 0 Å². The van der Waals surface area contributed by atoms with Crippen molar-refractivity contribution in [3.05, 3.63) is 53.7 Å². The molecular weight excluding hydrogens is 346 g/mol. The minimum absolute atomic E-state index is 0.176. The highest BCUT2D eigenvalue weighted by Crippen LogP contribution is 2.38. The van der Waals surface area contributed by atoms with Crippen LogP contribution in [0.2, 0.25) is 0 Å². The highest BCUT2D eigenvalue weighted by molar-refractivity contribution is 7.89. The van der Waals surface area contributed by atoms with Gasteiger partial charge in [-0.05, 0) is 43.9 Å². The highest BCUT2D eigenvalue weighted by Gasteiger charge is 2.37. The summed E-state index contributed by atoms with van der Waals surface area (Å²) in [5.74, 6) is 1.28. The van der Waals surface area contributed by atoms with E-state index in [2.05, 4.69) is 24.1 Å². The summed E-state index contributed by atoms with van der Waals surface area (Å²) in [5, 5.41) is 3.38. The summed E-state index contributed by atoms with van der Waals surface area (Å²) >= 11 is 0. The van der Waals surface area contributed by atoms with E-state index in [1.165, 1.54) is 0 Å². The van der Waals surface area contributed by atoms with Crippen LogP contribution in [-0.4, -0.2) is 30.8 Å². The molecule has 3 rings (SSSR count). The van der Waals surface area contributed by atoms with Crippen LogP contribution in [0.5, 0.6) is 0 Å². The highest BCUT2D eigenvalue weighted by atomic mass is 32.2. The number of nitrogens with zero attached hydrogens (tertiary/aromatic N) is 2. The molecule has 0 saturated carbocycles. The summed E-state index contributed by atoms with van der Waals surface area (Å²) < 4.78 is 28.0. The first-order chi connectivity index (χ1) is 12.4. The smallest absolute Gasteiger partial charge is 0.243 e. The van der Waals surface area contributed by atoms with Gasteiger partial charge < -0.3 is 5.32 Å². The summed E-state index contributed by atoms with van der Waals surface area (Å²) in [6.45, 7) is 7.58. The van der Waals surface area contributed by atoms with Gasteiger partial charge >= 0.3 is 0 Å². The average molecular weight is 374 g/mol.